The Morgan fingerprint density at radius 3 is 2.83 bits per heavy atom. The smallest absolute Gasteiger partial charge is 0.148 e. The second kappa shape index (κ2) is 6.90. The average Bonchev–Trinajstić information content (AvgIpc) is 2.70. The first-order chi connectivity index (χ1) is 8.42. The molecular formula is C12H17NO3S2. The summed E-state index contributed by atoms with van der Waals surface area (Å²) in [5.74, 6) is 5.66. The fourth-order valence-electron chi connectivity index (χ4n) is 1.36. The van der Waals surface area contributed by atoms with Crippen LogP contribution < -0.4 is 0 Å². The second-order valence-electron chi connectivity index (χ2n) is 4.09. The van der Waals surface area contributed by atoms with Crippen molar-refractivity contribution in [2.45, 2.75) is 6.54 Å². The van der Waals surface area contributed by atoms with Gasteiger partial charge in [0.05, 0.1) is 5.75 Å². The topological polar surface area (TPSA) is 57.6 Å². The quantitative estimate of drug-likeness (QED) is 0.804. The maximum absolute atomic E-state index is 11.1. The third-order valence-electron chi connectivity index (χ3n) is 2.30. The number of aliphatic hydroxyl groups is 1. The van der Waals surface area contributed by atoms with Gasteiger partial charge in [0, 0.05) is 29.8 Å². The van der Waals surface area contributed by atoms with Crippen molar-refractivity contribution >= 4 is 21.2 Å². The molecule has 1 N–H and O–H groups in total. The molecule has 0 radical (unpaired) electrons. The third-order valence-corrected chi connectivity index (χ3v) is 4.13. The Labute approximate surface area is 112 Å². The Kier molecular flexibility index (Phi) is 5.82. The summed E-state index contributed by atoms with van der Waals surface area (Å²) in [5.41, 5.74) is 0.903. The lowest BCUT2D eigenvalue weighted by atomic mass is 10.2. The second-order valence-corrected chi connectivity index (χ2v) is 7.35. The molecule has 0 bridgehead atoms. The van der Waals surface area contributed by atoms with Gasteiger partial charge in [0.2, 0.25) is 0 Å². The van der Waals surface area contributed by atoms with E-state index in [-0.39, 0.29) is 12.4 Å². The highest BCUT2D eigenvalue weighted by atomic mass is 32.2. The Morgan fingerprint density at radius 1 is 1.50 bits per heavy atom. The van der Waals surface area contributed by atoms with Gasteiger partial charge in [-0.3, -0.25) is 0 Å². The molecule has 1 aromatic heterocycles. The zero-order chi connectivity index (χ0) is 13.6. The molecule has 0 aliphatic rings. The average molecular weight is 287 g/mol. The van der Waals surface area contributed by atoms with Crippen molar-refractivity contribution in [2.24, 2.45) is 0 Å². The van der Waals surface area contributed by atoms with Crippen molar-refractivity contribution < 1.29 is 13.5 Å². The van der Waals surface area contributed by atoms with Crippen LogP contribution in [-0.4, -0.2) is 50.6 Å². The zero-order valence-electron chi connectivity index (χ0n) is 10.5. The largest absolute Gasteiger partial charge is 0.384 e. The highest BCUT2D eigenvalue weighted by Crippen LogP contribution is 2.17. The number of hydrogen-bond acceptors (Lipinski definition) is 5. The summed E-state index contributed by atoms with van der Waals surface area (Å²) in [6.07, 6.45) is 1.24. The van der Waals surface area contributed by atoms with E-state index in [9.17, 15) is 8.42 Å². The van der Waals surface area contributed by atoms with E-state index in [2.05, 4.69) is 11.8 Å². The number of nitrogens with zero attached hydrogens (tertiary/aromatic N) is 1. The van der Waals surface area contributed by atoms with Crippen molar-refractivity contribution in [1.82, 2.24) is 4.90 Å². The first kappa shape index (κ1) is 15.2. The lowest BCUT2D eigenvalue weighted by Crippen LogP contribution is -2.24. The van der Waals surface area contributed by atoms with Gasteiger partial charge < -0.3 is 10.0 Å². The van der Waals surface area contributed by atoms with Crippen molar-refractivity contribution in [3.05, 3.63) is 21.9 Å². The van der Waals surface area contributed by atoms with E-state index in [0.717, 1.165) is 10.4 Å². The molecule has 1 rings (SSSR count). The number of aliphatic hydroxyl groups excluding tert-OH is 1. The van der Waals surface area contributed by atoms with Crippen LogP contribution in [0, 0.1) is 11.8 Å². The SMILES string of the molecule is CN(CCS(C)(=O)=O)Cc1sccc1C#CCO. The lowest BCUT2D eigenvalue weighted by Gasteiger charge is -2.15. The zero-order valence-corrected chi connectivity index (χ0v) is 12.1. The highest BCUT2D eigenvalue weighted by Gasteiger charge is 2.09. The van der Waals surface area contributed by atoms with Gasteiger partial charge in [-0.05, 0) is 18.5 Å². The van der Waals surface area contributed by atoms with Crippen molar-refractivity contribution in [3.8, 4) is 11.8 Å². The first-order valence-corrected chi connectivity index (χ1v) is 8.39. The standard InChI is InChI=1S/C12H17NO3S2/c1-13(6-9-18(2,15)16)10-12-11(4-3-7-14)5-8-17-12/h5,8,14H,6-7,9-10H2,1-2H3. The summed E-state index contributed by atoms with van der Waals surface area (Å²) in [6.45, 7) is 1.02. The summed E-state index contributed by atoms with van der Waals surface area (Å²) < 4.78 is 22.1. The van der Waals surface area contributed by atoms with Gasteiger partial charge in [-0.1, -0.05) is 11.8 Å². The van der Waals surface area contributed by atoms with E-state index in [1.807, 2.05) is 23.4 Å². The van der Waals surface area contributed by atoms with Gasteiger partial charge in [-0.25, -0.2) is 8.42 Å². The fourth-order valence-corrected chi connectivity index (χ4v) is 2.91. The van der Waals surface area contributed by atoms with Gasteiger partial charge >= 0.3 is 0 Å². The molecule has 0 aliphatic carbocycles. The first-order valence-electron chi connectivity index (χ1n) is 5.45. The lowest BCUT2D eigenvalue weighted by molar-refractivity contribution is 0.349. The van der Waals surface area contributed by atoms with E-state index in [1.165, 1.54) is 6.26 Å². The normalized spacial score (nSPS) is 11.3. The molecule has 0 fully saturated rings. The van der Waals surface area contributed by atoms with Crippen LogP contribution >= 0.6 is 11.3 Å². The summed E-state index contributed by atoms with van der Waals surface area (Å²) in [7, 11) is -1.04. The summed E-state index contributed by atoms with van der Waals surface area (Å²) >= 11 is 1.59. The Balaban J connectivity index is 2.59. The highest BCUT2D eigenvalue weighted by molar-refractivity contribution is 7.90. The molecule has 0 saturated carbocycles. The summed E-state index contributed by atoms with van der Waals surface area (Å²) in [5, 5.41) is 10.6. The molecule has 0 aliphatic heterocycles. The van der Waals surface area contributed by atoms with Crippen LogP contribution in [0.1, 0.15) is 10.4 Å². The molecule has 0 aromatic carbocycles. The Bertz CT molecular complexity index is 537. The number of thiophene rings is 1. The Morgan fingerprint density at radius 2 is 2.22 bits per heavy atom. The molecule has 18 heavy (non-hydrogen) atoms. The monoisotopic (exact) mass is 287 g/mol. The van der Waals surface area contributed by atoms with Crippen LogP contribution in [0.15, 0.2) is 11.4 Å². The fraction of sp³-hybridized carbons (Fsp3) is 0.500. The van der Waals surface area contributed by atoms with Crippen molar-refractivity contribution in [2.75, 3.05) is 32.2 Å². The van der Waals surface area contributed by atoms with Gasteiger partial charge in [0.25, 0.3) is 0 Å². The van der Waals surface area contributed by atoms with E-state index in [1.54, 1.807) is 11.3 Å². The van der Waals surface area contributed by atoms with Crippen molar-refractivity contribution in [3.63, 3.8) is 0 Å². The molecule has 0 unspecified atom stereocenters. The maximum Gasteiger partial charge on any atom is 0.148 e. The van der Waals surface area contributed by atoms with Crippen molar-refractivity contribution in [1.29, 1.82) is 0 Å². The van der Waals surface area contributed by atoms with Crippen LogP contribution in [0.3, 0.4) is 0 Å². The molecule has 4 nitrogen and oxygen atoms in total. The van der Waals surface area contributed by atoms with Gasteiger partial charge in [0.15, 0.2) is 0 Å². The van der Waals surface area contributed by atoms with E-state index < -0.39 is 9.84 Å². The molecule has 100 valence electrons. The Hall–Kier alpha value is -0.870. The number of hydrogen-bond donors (Lipinski definition) is 1. The minimum Gasteiger partial charge on any atom is -0.384 e. The summed E-state index contributed by atoms with van der Waals surface area (Å²) in [6, 6.07) is 1.91. The predicted octanol–water partition coefficient (Wildman–Crippen LogP) is 0.568. The van der Waals surface area contributed by atoms with E-state index in [0.29, 0.717) is 13.1 Å². The van der Waals surface area contributed by atoms with E-state index >= 15 is 0 Å². The molecule has 1 heterocycles. The number of rotatable bonds is 5. The van der Waals surface area contributed by atoms with Crippen LogP contribution in [0.5, 0.6) is 0 Å². The molecular weight excluding hydrogens is 270 g/mol. The summed E-state index contributed by atoms with van der Waals surface area (Å²) in [4.78, 5) is 3.05. The molecule has 6 heteroatoms. The minimum absolute atomic E-state index is 0.154. The molecule has 0 amide bonds. The molecule has 0 saturated heterocycles. The minimum atomic E-state index is -2.92. The molecule has 0 atom stereocenters. The van der Waals surface area contributed by atoms with Crippen LogP contribution in [0.25, 0.3) is 0 Å². The molecule has 0 spiro atoms. The third kappa shape index (κ3) is 5.65. The van der Waals surface area contributed by atoms with Crippen LogP contribution in [0.2, 0.25) is 0 Å². The number of sulfone groups is 1. The predicted molar refractivity (Wildman–Crippen MR) is 74.3 cm³/mol. The van der Waals surface area contributed by atoms with Crippen LogP contribution in [0.4, 0.5) is 0 Å². The molecule has 1 aromatic rings. The maximum atomic E-state index is 11.1. The van der Waals surface area contributed by atoms with Gasteiger partial charge in [-0.15, -0.1) is 11.3 Å². The van der Waals surface area contributed by atoms with Gasteiger partial charge in [0.1, 0.15) is 16.4 Å². The van der Waals surface area contributed by atoms with E-state index in [4.69, 9.17) is 5.11 Å². The van der Waals surface area contributed by atoms with Gasteiger partial charge in [-0.2, -0.15) is 0 Å². The van der Waals surface area contributed by atoms with Crippen LogP contribution in [-0.2, 0) is 16.4 Å².